The lowest BCUT2D eigenvalue weighted by atomic mass is 10.1. The van der Waals surface area contributed by atoms with Crippen molar-refractivity contribution in [2.45, 2.75) is 142 Å². The number of unbranched alkanes of at least 4 members (excludes halogenated alkanes) is 10. The third kappa shape index (κ3) is 27.4. The molecule has 0 fully saturated rings. The van der Waals surface area contributed by atoms with Crippen molar-refractivity contribution in [1.82, 2.24) is 5.32 Å². The molecule has 1 amide bonds. The third-order valence-corrected chi connectivity index (χ3v) is 6.65. The number of nitrogens with one attached hydrogen (secondary N) is 1. The molecule has 0 heterocycles. The maximum atomic E-state index is 12.2. The minimum atomic E-state index is -0.864. The van der Waals surface area contributed by atoms with E-state index in [1.54, 1.807) is 6.08 Å². The number of hydrogen-bond donors (Lipinski definition) is 3. The average Bonchev–Trinajstić information content (AvgIpc) is 2.96. The topological polar surface area (TPSA) is 69.6 Å². The quantitative estimate of drug-likeness (QED) is 0.0699. The molecule has 0 aromatic carbocycles. The largest absolute Gasteiger partial charge is 0.394 e. The maximum Gasteiger partial charge on any atom is 0.220 e. The molecule has 0 aromatic rings. The molecule has 2 atom stereocenters. The van der Waals surface area contributed by atoms with Crippen molar-refractivity contribution in [2.75, 3.05) is 6.61 Å². The van der Waals surface area contributed by atoms with Gasteiger partial charge in [0.05, 0.1) is 18.8 Å². The molecule has 0 aliphatic carbocycles. The Kier molecular flexibility index (Phi) is 29.7. The summed E-state index contributed by atoms with van der Waals surface area (Å²) >= 11 is 0. The summed E-state index contributed by atoms with van der Waals surface area (Å²) in [6.07, 6.45) is 44.2. The first kappa shape index (κ1) is 37.8. The Bertz CT molecular complexity index is 732. The first-order valence-electron chi connectivity index (χ1n) is 16.2. The van der Waals surface area contributed by atoms with Gasteiger partial charge in [0.2, 0.25) is 5.91 Å². The minimum Gasteiger partial charge on any atom is -0.394 e. The predicted octanol–water partition coefficient (Wildman–Crippen LogP) is 9.22. The maximum absolute atomic E-state index is 12.2. The number of hydrogen-bond acceptors (Lipinski definition) is 3. The number of amides is 1. The van der Waals surface area contributed by atoms with Crippen LogP contribution in [0.15, 0.2) is 72.9 Å². The number of aliphatic hydroxyl groups is 2. The SMILES string of the molecule is CC/C=C\C/C=C\C/C=C\C/C=C\CCCCCCCCCCC(=O)NC(CO)C(O)/C=C/CC/C=C/CCC. The lowest BCUT2D eigenvalue weighted by Crippen LogP contribution is -2.45. The molecule has 40 heavy (non-hydrogen) atoms. The van der Waals surface area contributed by atoms with E-state index in [1.807, 2.05) is 6.08 Å². The molecule has 0 saturated carbocycles. The van der Waals surface area contributed by atoms with E-state index in [1.165, 1.54) is 38.5 Å². The molecule has 228 valence electrons. The molecular weight excluding hydrogens is 494 g/mol. The fourth-order valence-electron chi connectivity index (χ4n) is 4.19. The van der Waals surface area contributed by atoms with Crippen molar-refractivity contribution < 1.29 is 15.0 Å². The second kappa shape index (κ2) is 31.4. The molecule has 0 rings (SSSR count). The van der Waals surface area contributed by atoms with Gasteiger partial charge in [-0.3, -0.25) is 4.79 Å². The number of carbonyl (C=O) groups is 1. The summed E-state index contributed by atoms with van der Waals surface area (Å²) in [6, 6.07) is -0.643. The smallest absolute Gasteiger partial charge is 0.220 e. The van der Waals surface area contributed by atoms with Crippen LogP contribution in [0.4, 0.5) is 0 Å². The fraction of sp³-hybridized carbons (Fsp3) is 0.639. The van der Waals surface area contributed by atoms with Crippen LogP contribution in [0.25, 0.3) is 0 Å². The number of carbonyl (C=O) groups excluding carboxylic acids is 1. The van der Waals surface area contributed by atoms with Crippen LogP contribution in [0.2, 0.25) is 0 Å². The molecule has 4 nitrogen and oxygen atoms in total. The number of rotatable bonds is 27. The Labute approximate surface area is 247 Å². The lowest BCUT2D eigenvalue weighted by molar-refractivity contribution is -0.123. The van der Waals surface area contributed by atoms with Crippen LogP contribution in [-0.2, 0) is 4.79 Å². The zero-order valence-corrected chi connectivity index (χ0v) is 25.8. The molecule has 0 radical (unpaired) electrons. The number of aliphatic hydroxyl groups excluding tert-OH is 2. The van der Waals surface area contributed by atoms with Crippen LogP contribution >= 0.6 is 0 Å². The monoisotopic (exact) mass is 555 g/mol. The van der Waals surface area contributed by atoms with Crippen molar-refractivity contribution in [3.8, 4) is 0 Å². The van der Waals surface area contributed by atoms with Crippen molar-refractivity contribution in [2.24, 2.45) is 0 Å². The van der Waals surface area contributed by atoms with E-state index >= 15 is 0 Å². The van der Waals surface area contributed by atoms with Gasteiger partial charge in [-0.25, -0.2) is 0 Å². The van der Waals surface area contributed by atoms with Gasteiger partial charge >= 0.3 is 0 Å². The van der Waals surface area contributed by atoms with Crippen LogP contribution in [0.5, 0.6) is 0 Å². The van der Waals surface area contributed by atoms with Gasteiger partial charge in [-0.15, -0.1) is 0 Å². The van der Waals surface area contributed by atoms with Crippen molar-refractivity contribution in [3.05, 3.63) is 72.9 Å². The Balaban J connectivity index is 3.65. The molecule has 0 aliphatic rings. The summed E-state index contributed by atoms with van der Waals surface area (Å²) in [4.78, 5) is 12.2. The molecule has 0 saturated heterocycles. The molecule has 2 unspecified atom stereocenters. The zero-order chi connectivity index (χ0) is 29.4. The molecule has 0 aromatic heterocycles. The second-order valence-corrected chi connectivity index (χ2v) is 10.5. The minimum absolute atomic E-state index is 0.0927. The molecule has 3 N–H and O–H groups in total. The van der Waals surface area contributed by atoms with E-state index in [2.05, 4.69) is 79.9 Å². The molecular formula is C36H61NO3. The summed E-state index contributed by atoms with van der Waals surface area (Å²) in [5.41, 5.74) is 0. The Morgan fingerprint density at radius 2 is 1.12 bits per heavy atom. The highest BCUT2D eigenvalue weighted by Gasteiger charge is 2.17. The highest BCUT2D eigenvalue weighted by atomic mass is 16.3. The molecule has 0 aliphatic heterocycles. The summed E-state index contributed by atoms with van der Waals surface area (Å²) in [6.45, 7) is 4.05. The van der Waals surface area contributed by atoms with Crippen molar-refractivity contribution in [1.29, 1.82) is 0 Å². The standard InChI is InChI=1S/C36H61NO3/c1-3-5-7-9-11-12-13-14-15-16-17-18-19-20-21-22-23-24-26-28-30-32-36(40)37-34(33-38)35(39)31-29-27-25-10-8-6-4-2/h5,7-8,10-12,14-15,17-18,29,31,34-35,38-39H,3-4,6,9,13,16,19-28,30,32-33H2,1-2H3,(H,37,40)/b7-5-,10-8+,12-11-,15-14-,18-17-,31-29+. The van der Waals surface area contributed by atoms with E-state index in [9.17, 15) is 15.0 Å². The van der Waals surface area contributed by atoms with E-state index in [0.717, 1.165) is 70.6 Å². The Hall–Kier alpha value is -2.17. The van der Waals surface area contributed by atoms with Gasteiger partial charge in [-0.2, -0.15) is 0 Å². The van der Waals surface area contributed by atoms with E-state index < -0.39 is 12.1 Å². The average molecular weight is 556 g/mol. The van der Waals surface area contributed by atoms with Crippen LogP contribution in [-0.4, -0.2) is 34.9 Å². The third-order valence-electron chi connectivity index (χ3n) is 6.65. The molecule has 0 bridgehead atoms. The van der Waals surface area contributed by atoms with E-state index in [0.29, 0.717) is 6.42 Å². The van der Waals surface area contributed by atoms with Crippen LogP contribution < -0.4 is 5.32 Å². The summed E-state index contributed by atoms with van der Waals surface area (Å²) < 4.78 is 0. The highest BCUT2D eigenvalue weighted by molar-refractivity contribution is 5.76. The van der Waals surface area contributed by atoms with Gasteiger partial charge in [-0.05, 0) is 64.2 Å². The van der Waals surface area contributed by atoms with Gasteiger partial charge in [0, 0.05) is 6.42 Å². The van der Waals surface area contributed by atoms with Crippen molar-refractivity contribution >= 4 is 5.91 Å². The summed E-state index contributed by atoms with van der Waals surface area (Å²) in [7, 11) is 0. The zero-order valence-electron chi connectivity index (χ0n) is 25.8. The molecule has 0 spiro atoms. The fourth-order valence-corrected chi connectivity index (χ4v) is 4.19. The van der Waals surface area contributed by atoms with Gasteiger partial charge < -0.3 is 15.5 Å². The van der Waals surface area contributed by atoms with Crippen LogP contribution in [0.3, 0.4) is 0 Å². The second-order valence-electron chi connectivity index (χ2n) is 10.5. The van der Waals surface area contributed by atoms with Crippen molar-refractivity contribution in [3.63, 3.8) is 0 Å². The first-order chi connectivity index (χ1) is 19.7. The predicted molar refractivity (Wildman–Crippen MR) is 174 cm³/mol. The Morgan fingerprint density at radius 1 is 0.625 bits per heavy atom. The number of allylic oxidation sites excluding steroid dienone is 11. The van der Waals surface area contributed by atoms with Gasteiger partial charge in [0.1, 0.15) is 0 Å². The Morgan fingerprint density at radius 3 is 1.73 bits per heavy atom. The molecule has 4 heteroatoms. The summed E-state index contributed by atoms with van der Waals surface area (Å²) in [5, 5.41) is 22.6. The van der Waals surface area contributed by atoms with Gasteiger partial charge in [0.25, 0.3) is 0 Å². The van der Waals surface area contributed by atoms with E-state index in [4.69, 9.17) is 0 Å². The highest BCUT2D eigenvalue weighted by Crippen LogP contribution is 2.11. The van der Waals surface area contributed by atoms with Crippen LogP contribution in [0.1, 0.15) is 129 Å². The van der Waals surface area contributed by atoms with Gasteiger partial charge in [-0.1, -0.05) is 132 Å². The van der Waals surface area contributed by atoms with Gasteiger partial charge in [0.15, 0.2) is 0 Å². The van der Waals surface area contributed by atoms with Crippen LogP contribution in [0, 0.1) is 0 Å². The van der Waals surface area contributed by atoms with E-state index in [-0.39, 0.29) is 12.5 Å². The summed E-state index contributed by atoms with van der Waals surface area (Å²) in [5.74, 6) is -0.0927. The lowest BCUT2D eigenvalue weighted by Gasteiger charge is -2.19. The first-order valence-corrected chi connectivity index (χ1v) is 16.2. The normalized spacial score (nSPS) is 14.2.